The summed E-state index contributed by atoms with van der Waals surface area (Å²) >= 11 is 0. The van der Waals surface area contributed by atoms with Gasteiger partial charge in [0.05, 0.1) is 12.0 Å². The zero-order valence-electron chi connectivity index (χ0n) is 12.9. The Morgan fingerprint density at radius 2 is 2.20 bits per heavy atom. The maximum atomic E-state index is 12.3. The van der Waals surface area contributed by atoms with Crippen LogP contribution in [-0.2, 0) is 14.3 Å². The van der Waals surface area contributed by atoms with Gasteiger partial charge in [-0.15, -0.1) is 0 Å². The Bertz CT molecular complexity index is 341. The van der Waals surface area contributed by atoms with Crippen LogP contribution in [0.5, 0.6) is 0 Å². The SMILES string of the molecule is CCCC[C@H]1C(=O)OC(OC(C)C)C2(O)CCCC[C@@H]12. The number of unbranched alkanes of at least 4 members (excludes halogenated alkanes) is 1. The van der Waals surface area contributed by atoms with E-state index in [4.69, 9.17) is 9.47 Å². The second-order valence-corrected chi connectivity index (χ2v) is 6.55. The first-order valence-electron chi connectivity index (χ1n) is 8.07. The van der Waals surface area contributed by atoms with Gasteiger partial charge in [-0.1, -0.05) is 32.6 Å². The number of rotatable bonds is 5. The second kappa shape index (κ2) is 6.44. The van der Waals surface area contributed by atoms with E-state index in [9.17, 15) is 9.90 Å². The molecule has 2 fully saturated rings. The largest absolute Gasteiger partial charge is 0.432 e. The van der Waals surface area contributed by atoms with E-state index < -0.39 is 11.9 Å². The lowest BCUT2D eigenvalue weighted by molar-refractivity contribution is -0.294. The van der Waals surface area contributed by atoms with E-state index in [2.05, 4.69) is 6.92 Å². The number of esters is 1. The molecule has 2 rings (SSSR count). The summed E-state index contributed by atoms with van der Waals surface area (Å²) in [7, 11) is 0. The molecule has 4 heteroatoms. The lowest BCUT2D eigenvalue weighted by Gasteiger charge is -2.50. The predicted octanol–water partition coefficient (Wildman–Crippen LogP) is 3.02. The number of hydrogen-bond donors (Lipinski definition) is 1. The molecule has 1 N–H and O–H groups in total. The zero-order valence-corrected chi connectivity index (χ0v) is 12.9. The average Bonchev–Trinajstić information content (AvgIpc) is 2.39. The van der Waals surface area contributed by atoms with Gasteiger partial charge in [0.15, 0.2) is 0 Å². The first-order valence-corrected chi connectivity index (χ1v) is 8.07. The van der Waals surface area contributed by atoms with Crippen LogP contribution in [0.25, 0.3) is 0 Å². The highest BCUT2D eigenvalue weighted by Gasteiger charge is 2.56. The van der Waals surface area contributed by atoms with Crippen molar-refractivity contribution in [2.45, 2.75) is 83.7 Å². The summed E-state index contributed by atoms with van der Waals surface area (Å²) in [6.45, 7) is 5.92. The van der Waals surface area contributed by atoms with Gasteiger partial charge >= 0.3 is 5.97 Å². The van der Waals surface area contributed by atoms with Gasteiger partial charge in [0.1, 0.15) is 5.60 Å². The molecule has 20 heavy (non-hydrogen) atoms. The fourth-order valence-corrected chi connectivity index (χ4v) is 3.65. The first kappa shape index (κ1) is 15.8. The topological polar surface area (TPSA) is 55.8 Å². The van der Waals surface area contributed by atoms with Gasteiger partial charge in [0, 0.05) is 5.92 Å². The standard InChI is InChI=1S/C16H28O4/c1-4-5-8-12-13-9-6-7-10-16(13,18)15(19-11(2)3)20-14(12)17/h11-13,15,18H,4-10H2,1-3H3/t12-,13+,15?,16?/m1/s1. The van der Waals surface area contributed by atoms with Crippen LogP contribution in [0.1, 0.15) is 65.7 Å². The molecule has 1 heterocycles. The number of carbonyl (C=O) groups excluding carboxylic acids is 1. The fourth-order valence-electron chi connectivity index (χ4n) is 3.65. The van der Waals surface area contributed by atoms with Gasteiger partial charge in [-0.05, 0) is 33.1 Å². The predicted molar refractivity (Wildman–Crippen MR) is 76.0 cm³/mol. The lowest BCUT2D eigenvalue weighted by atomic mass is 9.66. The molecule has 0 aromatic carbocycles. The van der Waals surface area contributed by atoms with Crippen molar-refractivity contribution in [1.29, 1.82) is 0 Å². The van der Waals surface area contributed by atoms with E-state index in [0.29, 0.717) is 6.42 Å². The molecular weight excluding hydrogens is 256 g/mol. The van der Waals surface area contributed by atoms with Crippen molar-refractivity contribution in [2.75, 3.05) is 0 Å². The summed E-state index contributed by atoms with van der Waals surface area (Å²) in [5.41, 5.74) is -0.991. The maximum Gasteiger partial charge on any atom is 0.311 e. The summed E-state index contributed by atoms with van der Waals surface area (Å²) in [5.74, 6) is -0.347. The Balaban J connectivity index is 2.19. The maximum absolute atomic E-state index is 12.3. The Morgan fingerprint density at radius 3 is 2.85 bits per heavy atom. The van der Waals surface area contributed by atoms with Crippen LogP contribution in [0.4, 0.5) is 0 Å². The lowest BCUT2D eigenvalue weighted by Crippen LogP contribution is -2.61. The van der Waals surface area contributed by atoms with Crippen molar-refractivity contribution < 1.29 is 19.4 Å². The Hall–Kier alpha value is -0.610. The third-order valence-corrected chi connectivity index (χ3v) is 4.67. The molecular formula is C16H28O4. The molecule has 4 atom stereocenters. The minimum atomic E-state index is -0.991. The summed E-state index contributed by atoms with van der Waals surface area (Å²) in [4.78, 5) is 12.3. The van der Waals surface area contributed by atoms with E-state index in [-0.39, 0.29) is 23.9 Å². The van der Waals surface area contributed by atoms with E-state index in [1.54, 1.807) is 0 Å². The summed E-state index contributed by atoms with van der Waals surface area (Å²) in [6.07, 6.45) is 5.65. The molecule has 116 valence electrons. The molecule has 0 radical (unpaired) electrons. The third kappa shape index (κ3) is 3.01. The molecule has 1 aliphatic heterocycles. The number of cyclic esters (lactones) is 1. The minimum absolute atomic E-state index is 0.00667. The second-order valence-electron chi connectivity index (χ2n) is 6.55. The third-order valence-electron chi connectivity index (χ3n) is 4.67. The van der Waals surface area contributed by atoms with Gasteiger partial charge in [-0.2, -0.15) is 0 Å². The van der Waals surface area contributed by atoms with Crippen molar-refractivity contribution >= 4 is 5.97 Å². The highest BCUT2D eigenvalue weighted by molar-refractivity contribution is 5.74. The van der Waals surface area contributed by atoms with Crippen molar-refractivity contribution in [3.05, 3.63) is 0 Å². The molecule has 1 saturated carbocycles. The molecule has 0 bridgehead atoms. The molecule has 1 aliphatic carbocycles. The highest BCUT2D eigenvalue weighted by atomic mass is 16.7. The average molecular weight is 284 g/mol. The first-order chi connectivity index (χ1) is 9.49. The molecule has 4 nitrogen and oxygen atoms in total. The number of carbonyl (C=O) groups is 1. The van der Waals surface area contributed by atoms with Gasteiger partial charge < -0.3 is 14.6 Å². The fraction of sp³-hybridized carbons (Fsp3) is 0.938. The van der Waals surface area contributed by atoms with E-state index in [0.717, 1.165) is 38.5 Å². The van der Waals surface area contributed by atoms with Crippen molar-refractivity contribution in [3.63, 3.8) is 0 Å². The van der Waals surface area contributed by atoms with Gasteiger partial charge in [0.2, 0.25) is 6.29 Å². The molecule has 0 aromatic rings. The van der Waals surface area contributed by atoms with Crippen LogP contribution in [0.3, 0.4) is 0 Å². The van der Waals surface area contributed by atoms with E-state index in [1.165, 1.54) is 0 Å². The van der Waals surface area contributed by atoms with Crippen LogP contribution in [0.2, 0.25) is 0 Å². The molecule has 0 amide bonds. The van der Waals surface area contributed by atoms with Crippen LogP contribution in [0.15, 0.2) is 0 Å². The summed E-state index contributed by atoms with van der Waals surface area (Å²) in [6, 6.07) is 0. The summed E-state index contributed by atoms with van der Waals surface area (Å²) in [5, 5.41) is 11.1. The molecule has 1 saturated heterocycles. The van der Waals surface area contributed by atoms with Crippen molar-refractivity contribution in [3.8, 4) is 0 Å². The van der Waals surface area contributed by atoms with E-state index in [1.807, 2.05) is 13.8 Å². The quantitative estimate of drug-likeness (QED) is 0.788. The van der Waals surface area contributed by atoms with Crippen molar-refractivity contribution in [1.82, 2.24) is 0 Å². The van der Waals surface area contributed by atoms with E-state index >= 15 is 0 Å². The molecule has 2 unspecified atom stereocenters. The summed E-state index contributed by atoms with van der Waals surface area (Å²) < 4.78 is 11.2. The molecule has 0 spiro atoms. The van der Waals surface area contributed by atoms with Gasteiger partial charge in [0.25, 0.3) is 0 Å². The van der Waals surface area contributed by atoms with Crippen LogP contribution < -0.4 is 0 Å². The van der Waals surface area contributed by atoms with Crippen molar-refractivity contribution in [2.24, 2.45) is 11.8 Å². The number of fused-ring (bicyclic) bond motifs is 1. The Morgan fingerprint density at radius 1 is 1.45 bits per heavy atom. The normalized spacial score (nSPS) is 37.6. The van der Waals surface area contributed by atoms with Gasteiger partial charge in [-0.3, -0.25) is 4.79 Å². The number of hydrogen-bond acceptors (Lipinski definition) is 4. The van der Waals surface area contributed by atoms with Crippen LogP contribution >= 0.6 is 0 Å². The minimum Gasteiger partial charge on any atom is -0.432 e. The molecule has 0 aromatic heterocycles. The van der Waals surface area contributed by atoms with Crippen LogP contribution in [0, 0.1) is 11.8 Å². The monoisotopic (exact) mass is 284 g/mol. The zero-order chi connectivity index (χ0) is 14.8. The number of ether oxygens (including phenoxy) is 2. The Kier molecular flexibility index (Phi) is 5.08. The van der Waals surface area contributed by atoms with Gasteiger partial charge in [-0.25, -0.2) is 0 Å². The Labute approximate surface area is 121 Å². The molecule has 2 aliphatic rings. The smallest absolute Gasteiger partial charge is 0.311 e. The highest BCUT2D eigenvalue weighted by Crippen LogP contribution is 2.47. The number of aliphatic hydroxyl groups is 1. The van der Waals surface area contributed by atoms with Crippen LogP contribution in [-0.4, -0.2) is 29.1 Å².